The highest BCUT2D eigenvalue weighted by Gasteiger charge is 2.37. The Bertz CT molecular complexity index is 1140. The Kier molecular flexibility index (Phi) is 12.8. The molecule has 1 unspecified atom stereocenters. The van der Waals surface area contributed by atoms with E-state index in [1.807, 2.05) is 0 Å². The summed E-state index contributed by atoms with van der Waals surface area (Å²) in [6.07, 6.45) is 7.92. The van der Waals surface area contributed by atoms with E-state index < -0.39 is 35.7 Å². The van der Waals surface area contributed by atoms with Crippen LogP contribution >= 0.6 is 0 Å². The first kappa shape index (κ1) is 33.3. The van der Waals surface area contributed by atoms with Gasteiger partial charge in [0.15, 0.2) is 5.96 Å². The molecule has 1 saturated carbocycles. The highest BCUT2D eigenvalue weighted by Crippen LogP contribution is 2.27. The number of primary amides is 1. The van der Waals surface area contributed by atoms with E-state index in [9.17, 15) is 19.2 Å². The number of nitrogens with two attached hydrogens (primary N) is 3. The average Bonchev–Trinajstić information content (AvgIpc) is 3.00. The molecular formula is C30H47N9O4. The van der Waals surface area contributed by atoms with Crippen molar-refractivity contribution in [3.63, 3.8) is 0 Å². The molecule has 1 heterocycles. The largest absolute Gasteiger partial charge is 0.384 e. The lowest BCUT2D eigenvalue weighted by Crippen LogP contribution is -2.58. The Morgan fingerprint density at radius 3 is 2.07 bits per heavy atom. The number of amidine groups is 1. The molecule has 3 rings (SSSR count). The number of piperidine rings is 1. The van der Waals surface area contributed by atoms with Crippen LogP contribution in [0.15, 0.2) is 24.3 Å². The van der Waals surface area contributed by atoms with Crippen molar-refractivity contribution in [3.8, 4) is 0 Å². The normalized spacial score (nSPS) is 17.6. The van der Waals surface area contributed by atoms with E-state index in [4.69, 9.17) is 28.0 Å². The topological polar surface area (TPSA) is 233 Å². The van der Waals surface area contributed by atoms with E-state index >= 15 is 0 Å². The van der Waals surface area contributed by atoms with Gasteiger partial charge in [-0.1, -0.05) is 43.5 Å². The van der Waals surface area contributed by atoms with Crippen LogP contribution in [0.1, 0.15) is 75.3 Å². The molecule has 1 aliphatic heterocycles. The smallest absolute Gasteiger partial charge is 0.243 e. The molecule has 0 bridgehead atoms. The van der Waals surface area contributed by atoms with Crippen LogP contribution in [0.3, 0.4) is 0 Å². The van der Waals surface area contributed by atoms with Gasteiger partial charge in [-0.15, -0.1) is 0 Å². The molecule has 2 aliphatic rings. The van der Waals surface area contributed by atoms with Crippen LogP contribution in [0, 0.1) is 22.7 Å². The van der Waals surface area contributed by atoms with Crippen molar-refractivity contribution in [1.82, 2.24) is 20.9 Å². The van der Waals surface area contributed by atoms with Crippen LogP contribution in [0.25, 0.3) is 0 Å². The number of nitrogens with zero attached hydrogens (tertiary/aromatic N) is 1. The number of carbonyl (C=O) groups excluding carboxylic acids is 4. The van der Waals surface area contributed by atoms with Gasteiger partial charge in [0, 0.05) is 25.2 Å². The second kappa shape index (κ2) is 16.5. The lowest BCUT2D eigenvalue weighted by Gasteiger charge is -2.33. The lowest BCUT2D eigenvalue weighted by atomic mass is 9.83. The molecule has 13 nitrogen and oxygen atoms in total. The predicted octanol–water partition coefficient (Wildman–Crippen LogP) is 0.440. The molecule has 236 valence electrons. The van der Waals surface area contributed by atoms with Gasteiger partial charge in [-0.2, -0.15) is 0 Å². The van der Waals surface area contributed by atoms with Crippen LogP contribution in [0.5, 0.6) is 0 Å². The number of nitrogen functional groups attached to an aromatic ring is 1. The van der Waals surface area contributed by atoms with Gasteiger partial charge >= 0.3 is 0 Å². The summed E-state index contributed by atoms with van der Waals surface area (Å²) in [5.74, 6) is -3.47. The van der Waals surface area contributed by atoms with Crippen molar-refractivity contribution >= 4 is 35.4 Å². The van der Waals surface area contributed by atoms with E-state index in [1.54, 1.807) is 29.2 Å². The number of guanidine groups is 1. The van der Waals surface area contributed by atoms with Crippen molar-refractivity contribution in [2.24, 2.45) is 29.0 Å². The van der Waals surface area contributed by atoms with Gasteiger partial charge in [-0.3, -0.25) is 30.0 Å². The van der Waals surface area contributed by atoms with Gasteiger partial charge in [0.2, 0.25) is 23.6 Å². The summed E-state index contributed by atoms with van der Waals surface area (Å²) >= 11 is 0. The fourth-order valence-corrected chi connectivity index (χ4v) is 5.88. The number of hydrogen-bond donors (Lipinski definition) is 8. The Balaban J connectivity index is 1.81. The lowest BCUT2D eigenvalue weighted by molar-refractivity contribution is -0.144. The quantitative estimate of drug-likeness (QED) is 0.0651. The summed E-state index contributed by atoms with van der Waals surface area (Å²) in [6.45, 7) is 1.50. The first-order valence-electron chi connectivity index (χ1n) is 15.3. The SMILES string of the molecule is N=C(N)NCCCC(NC(=O)[C@@H](NC(=O)[C@H](Cc1ccc(C(=N)N)cc1)C(=O)N1CCCCC1)C1CCCCC1)C(N)=O. The van der Waals surface area contributed by atoms with Crippen molar-refractivity contribution in [3.05, 3.63) is 35.4 Å². The van der Waals surface area contributed by atoms with Crippen LogP contribution in [0.4, 0.5) is 0 Å². The maximum atomic E-state index is 13.9. The van der Waals surface area contributed by atoms with Crippen molar-refractivity contribution in [2.45, 2.75) is 82.7 Å². The molecule has 2 fully saturated rings. The number of nitrogens with one attached hydrogen (secondary N) is 5. The fraction of sp³-hybridized carbons (Fsp3) is 0.600. The van der Waals surface area contributed by atoms with Gasteiger partial charge in [0.25, 0.3) is 0 Å². The third kappa shape index (κ3) is 10.3. The minimum absolute atomic E-state index is 0.0732. The zero-order chi connectivity index (χ0) is 31.4. The van der Waals surface area contributed by atoms with Crippen LogP contribution in [-0.4, -0.2) is 72.0 Å². The fourth-order valence-electron chi connectivity index (χ4n) is 5.88. The third-order valence-corrected chi connectivity index (χ3v) is 8.33. The zero-order valence-corrected chi connectivity index (χ0v) is 24.8. The highest BCUT2D eigenvalue weighted by molar-refractivity contribution is 6.02. The van der Waals surface area contributed by atoms with E-state index in [-0.39, 0.29) is 36.5 Å². The molecule has 43 heavy (non-hydrogen) atoms. The van der Waals surface area contributed by atoms with Crippen LogP contribution in [0.2, 0.25) is 0 Å². The Morgan fingerprint density at radius 1 is 0.860 bits per heavy atom. The first-order valence-corrected chi connectivity index (χ1v) is 15.3. The van der Waals surface area contributed by atoms with Crippen LogP contribution in [-0.2, 0) is 25.6 Å². The number of rotatable bonds is 14. The third-order valence-electron chi connectivity index (χ3n) is 8.33. The summed E-state index contributed by atoms with van der Waals surface area (Å²) < 4.78 is 0. The predicted molar refractivity (Wildman–Crippen MR) is 164 cm³/mol. The van der Waals surface area contributed by atoms with Crippen LogP contribution < -0.4 is 33.2 Å². The number of hydrogen-bond acceptors (Lipinski definition) is 6. The Morgan fingerprint density at radius 2 is 1.49 bits per heavy atom. The highest BCUT2D eigenvalue weighted by atomic mass is 16.2. The summed E-state index contributed by atoms with van der Waals surface area (Å²) in [7, 11) is 0. The average molecular weight is 598 g/mol. The van der Waals surface area contributed by atoms with E-state index in [0.29, 0.717) is 31.6 Å². The number of likely N-dealkylation sites (tertiary alicyclic amines) is 1. The molecule has 3 atom stereocenters. The first-order chi connectivity index (χ1) is 20.6. The summed E-state index contributed by atoms with van der Waals surface area (Å²) in [4.78, 5) is 55.2. The molecule has 1 saturated heterocycles. The van der Waals surface area contributed by atoms with Crippen molar-refractivity contribution in [2.75, 3.05) is 19.6 Å². The Hall–Kier alpha value is -4.16. The second-order valence-corrected chi connectivity index (χ2v) is 11.6. The van der Waals surface area contributed by atoms with Crippen molar-refractivity contribution < 1.29 is 19.2 Å². The summed E-state index contributed by atoms with van der Waals surface area (Å²) in [5.41, 5.74) is 17.8. The van der Waals surface area contributed by atoms with Crippen molar-refractivity contribution in [1.29, 1.82) is 10.8 Å². The van der Waals surface area contributed by atoms with E-state index in [2.05, 4.69) is 16.0 Å². The maximum absolute atomic E-state index is 13.9. The molecule has 1 aromatic carbocycles. The Labute approximate surface area is 253 Å². The molecule has 0 spiro atoms. The van der Waals surface area contributed by atoms with E-state index in [0.717, 1.165) is 56.9 Å². The van der Waals surface area contributed by atoms with Gasteiger partial charge in [0.1, 0.15) is 23.8 Å². The van der Waals surface area contributed by atoms with Gasteiger partial charge in [-0.25, -0.2) is 0 Å². The van der Waals surface area contributed by atoms with Gasteiger partial charge < -0.3 is 38.1 Å². The molecule has 1 aromatic rings. The van der Waals surface area contributed by atoms with Gasteiger partial charge in [-0.05, 0) is 62.8 Å². The zero-order valence-electron chi connectivity index (χ0n) is 24.8. The molecular weight excluding hydrogens is 550 g/mol. The minimum Gasteiger partial charge on any atom is -0.384 e. The monoisotopic (exact) mass is 597 g/mol. The minimum atomic E-state index is -1.05. The second-order valence-electron chi connectivity index (χ2n) is 11.6. The molecule has 1 aliphatic carbocycles. The number of benzene rings is 1. The summed E-state index contributed by atoms with van der Waals surface area (Å²) in [5, 5.41) is 23.2. The molecule has 13 heteroatoms. The van der Waals surface area contributed by atoms with Gasteiger partial charge in [0.05, 0.1) is 0 Å². The summed E-state index contributed by atoms with van der Waals surface area (Å²) in [6, 6.07) is 4.99. The van der Waals surface area contributed by atoms with E-state index in [1.165, 1.54) is 0 Å². The molecule has 4 amide bonds. The standard InChI is InChI=1S/C30H47N9O4/c31-25(32)21-13-11-19(12-14-21)18-22(29(43)39-16-5-2-6-17-39)27(41)38-24(20-8-3-1-4-9-20)28(42)37-23(26(33)40)10-7-15-36-30(34)35/h11-14,20,22-24H,1-10,15-18H2,(H3,31,32)(H2,33,40)(H,37,42)(H,38,41)(H4,34,35,36)/t22-,23?,24-/m0/s1. The molecule has 0 radical (unpaired) electrons. The molecule has 11 N–H and O–H groups in total. The maximum Gasteiger partial charge on any atom is 0.243 e. The molecule has 0 aromatic heterocycles. The number of carbonyl (C=O) groups is 4. The number of amides is 4.